The Kier molecular flexibility index (Phi) is 3.62. The standard InChI is InChI=1S/C18H17FN2/c1-12-17(19)8-14(10-20)9-18(12)21-11-13-3-2-4-16(7-13)15-5-6-15/h2-4,7-9,15,21H,5-6,11H2,1H3. The van der Waals surface area contributed by atoms with Gasteiger partial charge in [0.05, 0.1) is 11.6 Å². The Morgan fingerprint density at radius 1 is 1.29 bits per heavy atom. The van der Waals surface area contributed by atoms with Crippen molar-refractivity contribution in [1.82, 2.24) is 0 Å². The van der Waals surface area contributed by atoms with Crippen molar-refractivity contribution < 1.29 is 4.39 Å². The summed E-state index contributed by atoms with van der Waals surface area (Å²) in [5.74, 6) is 0.384. The van der Waals surface area contributed by atoms with Gasteiger partial charge < -0.3 is 5.32 Å². The molecule has 0 aromatic heterocycles. The van der Waals surface area contributed by atoms with Gasteiger partial charge in [0.15, 0.2) is 0 Å². The first-order valence-electron chi connectivity index (χ1n) is 7.20. The molecule has 2 nitrogen and oxygen atoms in total. The molecule has 21 heavy (non-hydrogen) atoms. The maximum Gasteiger partial charge on any atom is 0.129 e. The molecule has 0 atom stereocenters. The molecule has 2 aromatic rings. The molecule has 0 radical (unpaired) electrons. The largest absolute Gasteiger partial charge is 0.381 e. The van der Waals surface area contributed by atoms with Crippen LogP contribution in [0.25, 0.3) is 0 Å². The topological polar surface area (TPSA) is 35.8 Å². The van der Waals surface area contributed by atoms with Crippen molar-refractivity contribution in [1.29, 1.82) is 5.26 Å². The molecule has 0 bridgehead atoms. The Bertz CT molecular complexity index is 712. The Hall–Kier alpha value is -2.34. The van der Waals surface area contributed by atoms with E-state index in [0.717, 1.165) is 5.92 Å². The Morgan fingerprint density at radius 2 is 2.10 bits per heavy atom. The van der Waals surface area contributed by atoms with Crippen molar-refractivity contribution in [2.24, 2.45) is 0 Å². The van der Waals surface area contributed by atoms with E-state index >= 15 is 0 Å². The minimum atomic E-state index is -0.344. The van der Waals surface area contributed by atoms with E-state index in [1.807, 2.05) is 6.07 Å². The SMILES string of the molecule is Cc1c(F)cc(C#N)cc1NCc1cccc(C2CC2)c1. The number of halogens is 1. The summed E-state index contributed by atoms with van der Waals surface area (Å²) in [4.78, 5) is 0. The van der Waals surface area contributed by atoms with Crippen LogP contribution in [0.1, 0.15) is 41.0 Å². The number of anilines is 1. The molecule has 2 aromatic carbocycles. The first kappa shape index (κ1) is 13.6. The molecule has 3 heteroatoms. The lowest BCUT2D eigenvalue weighted by Gasteiger charge is -2.11. The van der Waals surface area contributed by atoms with Gasteiger partial charge in [-0.05, 0) is 48.9 Å². The number of benzene rings is 2. The molecule has 1 saturated carbocycles. The second-order valence-electron chi connectivity index (χ2n) is 5.62. The lowest BCUT2D eigenvalue weighted by Crippen LogP contribution is -2.03. The van der Waals surface area contributed by atoms with Crippen LogP contribution in [0.3, 0.4) is 0 Å². The molecule has 1 aliphatic carbocycles. The molecule has 3 rings (SSSR count). The zero-order valence-electron chi connectivity index (χ0n) is 12.0. The van der Waals surface area contributed by atoms with Crippen molar-refractivity contribution in [3.63, 3.8) is 0 Å². The third-order valence-corrected chi connectivity index (χ3v) is 3.96. The highest BCUT2D eigenvalue weighted by Crippen LogP contribution is 2.40. The average Bonchev–Trinajstić information content (AvgIpc) is 3.33. The minimum absolute atomic E-state index is 0.340. The Labute approximate surface area is 124 Å². The molecule has 0 aliphatic heterocycles. The van der Waals surface area contributed by atoms with Crippen LogP contribution in [0.4, 0.5) is 10.1 Å². The summed E-state index contributed by atoms with van der Waals surface area (Å²) < 4.78 is 13.7. The fourth-order valence-electron chi connectivity index (χ4n) is 2.50. The zero-order chi connectivity index (χ0) is 14.8. The predicted molar refractivity (Wildman–Crippen MR) is 81.6 cm³/mol. The first-order valence-corrected chi connectivity index (χ1v) is 7.20. The van der Waals surface area contributed by atoms with Gasteiger partial charge >= 0.3 is 0 Å². The summed E-state index contributed by atoms with van der Waals surface area (Å²) in [6.45, 7) is 2.36. The fraction of sp³-hybridized carbons (Fsp3) is 0.278. The van der Waals surface area contributed by atoms with Gasteiger partial charge in [0.1, 0.15) is 5.82 Å². The van der Waals surface area contributed by atoms with Gasteiger partial charge in [0, 0.05) is 17.8 Å². The van der Waals surface area contributed by atoms with Crippen molar-refractivity contribution in [2.45, 2.75) is 32.2 Å². The molecular formula is C18H17FN2. The predicted octanol–water partition coefficient (Wildman–Crippen LogP) is 4.50. The molecule has 106 valence electrons. The summed E-state index contributed by atoms with van der Waals surface area (Å²) in [6.07, 6.45) is 2.57. The summed E-state index contributed by atoms with van der Waals surface area (Å²) in [6, 6.07) is 13.5. The maximum absolute atomic E-state index is 13.7. The van der Waals surface area contributed by atoms with Gasteiger partial charge in [-0.2, -0.15) is 5.26 Å². The third-order valence-electron chi connectivity index (χ3n) is 3.96. The van der Waals surface area contributed by atoms with Crippen LogP contribution in [0.2, 0.25) is 0 Å². The molecule has 1 N–H and O–H groups in total. The molecule has 0 amide bonds. The fourth-order valence-corrected chi connectivity index (χ4v) is 2.50. The third kappa shape index (κ3) is 3.05. The number of hydrogen-bond acceptors (Lipinski definition) is 2. The van der Waals surface area contributed by atoms with Crippen LogP contribution >= 0.6 is 0 Å². The van der Waals surface area contributed by atoms with Crippen LogP contribution in [-0.4, -0.2) is 0 Å². The highest BCUT2D eigenvalue weighted by molar-refractivity contribution is 5.56. The van der Waals surface area contributed by atoms with Crippen LogP contribution in [0.15, 0.2) is 36.4 Å². The summed E-state index contributed by atoms with van der Waals surface area (Å²) >= 11 is 0. The van der Waals surface area contributed by atoms with Gasteiger partial charge in [-0.25, -0.2) is 4.39 Å². The number of nitrogens with zero attached hydrogens (tertiary/aromatic N) is 1. The zero-order valence-corrected chi connectivity index (χ0v) is 12.0. The van der Waals surface area contributed by atoms with Crippen LogP contribution in [-0.2, 0) is 6.54 Å². The van der Waals surface area contributed by atoms with Crippen LogP contribution in [0.5, 0.6) is 0 Å². The van der Waals surface area contributed by atoms with E-state index in [1.54, 1.807) is 13.0 Å². The van der Waals surface area contributed by atoms with Gasteiger partial charge in [-0.3, -0.25) is 0 Å². The van der Waals surface area contributed by atoms with E-state index < -0.39 is 0 Å². The number of hydrogen-bond donors (Lipinski definition) is 1. The van der Waals surface area contributed by atoms with Crippen LogP contribution in [0, 0.1) is 24.1 Å². The van der Waals surface area contributed by atoms with Gasteiger partial charge in [0.25, 0.3) is 0 Å². The monoisotopic (exact) mass is 280 g/mol. The minimum Gasteiger partial charge on any atom is -0.381 e. The van der Waals surface area contributed by atoms with E-state index in [2.05, 4.69) is 29.6 Å². The summed E-state index contributed by atoms with van der Waals surface area (Å²) in [5, 5.41) is 12.2. The lowest BCUT2D eigenvalue weighted by molar-refractivity contribution is 0.618. The van der Waals surface area contributed by atoms with Gasteiger partial charge in [-0.15, -0.1) is 0 Å². The van der Waals surface area contributed by atoms with Gasteiger partial charge in [-0.1, -0.05) is 24.3 Å². The smallest absolute Gasteiger partial charge is 0.129 e. The second-order valence-corrected chi connectivity index (χ2v) is 5.62. The Morgan fingerprint density at radius 3 is 2.81 bits per heavy atom. The Balaban J connectivity index is 1.77. The van der Waals surface area contributed by atoms with Gasteiger partial charge in [0.2, 0.25) is 0 Å². The maximum atomic E-state index is 13.7. The summed E-state index contributed by atoms with van der Waals surface area (Å²) in [5.41, 5.74) is 4.15. The number of rotatable bonds is 4. The molecule has 1 aliphatic rings. The average molecular weight is 280 g/mol. The van der Waals surface area contributed by atoms with Crippen molar-refractivity contribution >= 4 is 5.69 Å². The van der Waals surface area contributed by atoms with Crippen LogP contribution < -0.4 is 5.32 Å². The lowest BCUT2D eigenvalue weighted by atomic mass is 10.1. The molecule has 0 saturated heterocycles. The van der Waals surface area contributed by atoms with E-state index in [1.165, 1.54) is 30.0 Å². The molecule has 0 unspecified atom stereocenters. The highest BCUT2D eigenvalue weighted by Gasteiger charge is 2.23. The number of nitriles is 1. The molecular weight excluding hydrogens is 263 g/mol. The highest BCUT2D eigenvalue weighted by atomic mass is 19.1. The molecule has 0 spiro atoms. The summed E-state index contributed by atoms with van der Waals surface area (Å²) in [7, 11) is 0. The normalized spacial score (nSPS) is 13.8. The second kappa shape index (κ2) is 5.57. The number of nitrogens with one attached hydrogen (secondary N) is 1. The van der Waals surface area contributed by atoms with E-state index in [4.69, 9.17) is 5.26 Å². The molecule has 1 fully saturated rings. The molecule has 0 heterocycles. The van der Waals surface area contributed by atoms with Crippen molar-refractivity contribution in [2.75, 3.05) is 5.32 Å². The van der Waals surface area contributed by atoms with E-state index in [-0.39, 0.29) is 5.82 Å². The van der Waals surface area contributed by atoms with E-state index in [9.17, 15) is 4.39 Å². The first-order chi connectivity index (χ1) is 10.2. The quantitative estimate of drug-likeness (QED) is 0.895. The van der Waals surface area contributed by atoms with Crippen molar-refractivity contribution in [3.8, 4) is 6.07 Å². The van der Waals surface area contributed by atoms with Crippen molar-refractivity contribution in [3.05, 3.63) is 64.5 Å². The van der Waals surface area contributed by atoms with E-state index in [0.29, 0.717) is 23.4 Å².